The van der Waals surface area contributed by atoms with Gasteiger partial charge in [0.1, 0.15) is 65.2 Å². The minimum absolute atomic E-state index is 0.0377. The minimum Gasteiger partial charge on any atom is -0.508 e. The molecule has 3 aromatic rings. The number of aliphatic hydroxyl groups excluding tert-OH is 6. The summed E-state index contributed by atoms with van der Waals surface area (Å²) in [5.41, 5.74) is -1.37. The maximum Gasteiger partial charge on any atom is 0.239 e. The van der Waals surface area contributed by atoms with Gasteiger partial charge < -0.3 is 74.4 Å². The smallest absolute Gasteiger partial charge is 0.239 e. The number of ether oxygens (including phenoxy) is 4. The Labute approximate surface area is 241 Å². The predicted octanol–water partition coefficient (Wildman–Crippen LogP) is -1.69. The topological polar surface area (TPSA) is 269 Å². The van der Waals surface area contributed by atoms with E-state index in [2.05, 4.69) is 0 Å². The van der Waals surface area contributed by atoms with Crippen LogP contribution < -0.4 is 10.2 Å². The van der Waals surface area contributed by atoms with Crippen molar-refractivity contribution in [2.45, 2.75) is 68.3 Å². The zero-order valence-corrected chi connectivity index (χ0v) is 22.3. The van der Waals surface area contributed by atoms with Gasteiger partial charge in [-0.1, -0.05) is 0 Å². The molecule has 16 heteroatoms. The fraction of sp³-hybridized carbons (Fsp3) is 0.444. The summed E-state index contributed by atoms with van der Waals surface area (Å²) in [6, 6.07) is 5.23. The maximum atomic E-state index is 13.6. The predicted molar refractivity (Wildman–Crippen MR) is 140 cm³/mol. The second kappa shape index (κ2) is 11.8. The third kappa shape index (κ3) is 5.55. The number of benzene rings is 2. The molecule has 1 aromatic heterocycles. The van der Waals surface area contributed by atoms with Gasteiger partial charge in [0.15, 0.2) is 23.5 Å². The molecular weight excluding hydrogens is 580 g/mol. The molecule has 2 aromatic carbocycles. The van der Waals surface area contributed by atoms with E-state index in [0.29, 0.717) is 0 Å². The monoisotopic (exact) mass is 610 g/mol. The van der Waals surface area contributed by atoms with Gasteiger partial charge in [-0.3, -0.25) is 4.79 Å². The molecular formula is C27H30O16. The fourth-order valence-electron chi connectivity index (χ4n) is 4.94. The van der Waals surface area contributed by atoms with Crippen molar-refractivity contribution in [2.75, 3.05) is 6.61 Å². The van der Waals surface area contributed by atoms with Crippen molar-refractivity contribution in [2.24, 2.45) is 0 Å². The summed E-state index contributed by atoms with van der Waals surface area (Å²) >= 11 is 0. The molecule has 0 aliphatic carbocycles. The van der Waals surface area contributed by atoms with Gasteiger partial charge in [0.25, 0.3) is 0 Å². The molecule has 0 radical (unpaired) electrons. The van der Waals surface area contributed by atoms with E-state index in [9.17, 15) is 55.9 Å². The van der Waals surface area contributed by atoms with Crippen LogP contribution in [0.3, 0.4) is 0 Å². The lowest BCUT2D eigenvalue weighted by Gasteiger charge is -2.45. The summed E-state index contributed by atoms with van der Waals surface area (Å²) in [6.07, 6.45) is -16.6. The lowest BCUT2D eigenvalue weighted by atomic mass is 9.97. The van der Waals surface area contributed by atoms with Crippen LogP contribution in [0.2, 0.25) is 0 Å². The molecule has 2 saturated heterocycles. The number of hydrogen-bond donors (Lipinski definition) is 10. The third-order valence-electron chi connectivity index (χ3n) is 7.31. The van der Waals surface area contributed by atoms with Crippen molar-refractivity contribution in [1.29, 1.82) is 0 Å². The summed E-state index contributed by atoms with van der Waals surface area (Å²) in [7, 11) is 0. The molecule has 43 heavy (non-hydrogen) atoms. The van der Waals surface area contributed by atoms with Gasteiger partial charge in [0.05, 0.1) is 12.7 Å². The molecule has 0 amide bonds. The van der Waals surface area contributed by atoms with E-state index in [-0.39, 0.29) is 11.1 Å². The minimum atomic E-state index is -1.97. The Morgan fingerprint density at radius 2 is 1.51 bits per heavy atom. The summed E-state index contributed by atoms with van der Waals surface area (Å²) in [5.74, 6) is -3.36. The molecule has 10 atom stereocenters. The van der Waals surface area contributed by atoms with Crippen molar-refractivity contribution in [3.8, 4) is 40.1 Å². The van der Waals surface area contributed by atoms with Gasteiger partial charge in [-0.15, -0.1) is 0 Å². The molecule has 234 valence electrons. The van der Waals surface area contributed by atoms with Gasteiger partial charge in [0, 0.05) is 17.7 Å². The van der Waals surface area contributed by atoms with Crippen LogP contribution in [-0.2, 0) is 14.2 Å². The first-order chi connectivity index (χ1) is 20.3. The van der Waals surface area contributed by atoms with Crippen molar-refractivity contribution in [1.82, 2.24) is 0 Å². The zero-order chi connectivity index (χ0) is 31.3. The number of phenols is 4. The lowest BCUT2D eigenvalue weighted by Crippen LogP contribution is -2.64. The quantitative estimate of drug-likeness (QED) is 0.140. The summed E-state index contributed by atoms with van der Waals surface area (Å²) in [5, 5.41) is 102. The van der Waals surface area contributed by atoms with Gasteiger partial charge >= 0.3 is 0 Å². The first kappa shape index (κ1) is 30.7. The SMILES string of the molecule is C[C@@H]1O[C@@H](O[C@@H]2[C@@H](O)[C@H](Oc3c(-c4ccc(O)c(O)c4)oc4cc(O)cc(O)c4c3=O)O[C@H](CO)[C@H]2O)[C@H](O)[C@H](O)[C@H]1O. The number of hydrogen-bond acceptors (Lipinski definition) is 16. The van der Waals surface area contributed by atoms with E-state index in [0.717, 1.165) is 24.3 Å². The van der Waals surface area contributed by atoms with Crippen molar-refractivity contribution < 1.29 is 74.4 Å². The Balaban J connectivity index is 1.56. The Morgan fingerprint density at radius 1 is 0.791 bits per heavy atom. The zero-order valence-electron chi connectivity index (χ0n) is 22.3. The lowest BCUT2D eigenvalue weighted by molar-refractivity contribution is -0.349. The average Bonchev–Trinajstić information content (AvgIpc) is 2.96. The average molecular weight is 611 g/mol. The molecule has 0 bridgehead atoms. The second-order valence-corrected chi connectivity index (χ2v) is 10.2. The summed E-state index contributed by atoms with van der Waals surface area (Å²) in [4.78, 5) is 13.6. The number of phenolic OH excluding ortho intramolecular Hbond substituents is 4. The highest BCUT2D eigenvalue weighted by atomic mass is 16.7. The van der Waals surface area contributed by atoms with Gasteiger partial charge in [-0.25, -0.2) is 0 Å². The van der Waals surface area contributed by atoms with Crippen LogP contribution in [0.1, 0.15) is 6.92 Å². The van der Waals surface area contributed by atoms with Crippen LogP contribution in [0.25, 0.3) is 22.3 Å². The summed E-state index contributed by atoms with van der Waals surface area (Å²) in [6.45, 7) is 0.538. The molecule has 16 nitrogen and oxygen atoms in total. The third-order valence-corrected chi connectivity index (χ3v) is 7.31. The number of rotatable bonds is 6. The highest BCUT2D eigenvalue weighted by Gasteiger charge is 2.51. The van der Waals surface area contributed by atoms with E-state index >= 15 is 0 Å². The summed E-state index contributed by atoms with van der Waals surface area (Å²) < 4.78 is 28.0. The molecule has 2 aliphatic heterocycles. The first-order valence-corrected chi connectivity index (χ1v) is 13.0. The Hall–Kier alpha value is -3.71. The Morgan fingerprint density at radius 3 is 2.19 bits per heavy atom. The first-order valence-electron chi connectivity index (χ1n) is 13.0. The fourth-order valence-corrected chi connectivity index (χ4v) is 4.94. The molecule has 0 saturated carbocycles. The van der Waals surface area contributed by atoms with E-state index in [4.69, 9.17) is 23.4 Å². The largest absolute Gasteiger partial charge is 0.508 e. The molecule has 5 rings (SSSR count). The molecule has 0 unspecified atom stereocenters. The van der Waals surface area contributed by atoms with E-state index in [1.807, 2.05) is 0 Å². The van der Waals surface area contributed by atoms with E-state index in [1.54, 1.807) is 0 Å². The van der Waals surface area contributed by atoms with Crippen molar-refractivity contribution in [3.63, 3.8) is 0 Å². The molecule has 10 N–H and O–H groups in total. The Bertz CT molecular complexity index is 1540. The number of aromatic hydroxyl groups is 4. The molecule has 3 heterocycles. The maximum absolute atomic E-state index is 13.6. The normalized spacial score (nSPS) is 33.0. The van der Waals surface area contributed by atoms with Gasteiger partial charge in [-0.2, -0.15) is 0 Å². The van der Waals surface area contributed by atoms with Crippen LogP contribution in [0.15, 0.2) is 39.5 Å². The Kier molecular flexibility index (Phi) is 8.41. The number of aliphatic hydroxyl groups is 6. The van der Waals surface area contributed by atoms with Gasteiger partial charge in [-0.05, 0) is 25.1 Å². The van der Waals surface area contributed by atoms with Crippen LogP contribution in [0, 0.1) is 0 Å². The van der Waals surface area contributed by atoms with E-state index < -0.39 is 113 Å². The van der Waals surface area contributed by atoms with Crippen molar-refractivity contribution >= 4 is 11.0 Å². The molecule has 0 spiro atoms. The van der Waals surface area contributed by atoms with Crippen LogP contribution >= 0.6 is 0 Å². The van der Waals surface area contributed by atoms with Crippen LogP contribution in [0.4, 0.5) is 0 Å². The van der Waals surface area contributed by atoms with Crippen molar-refractivity contribution in [3.05, 3.63) is 40.6 Å². The number of fused-ring (bicyclic) bond motifs is 1. The van der Waals surface area contributed by atoms with Crippen LogP contribution in [0.5, 0.6) is 28.7 Å². The highest BCUT2D eigenvalue weighted by Crippen LogP contribution is 2.39. The van der Waals surface area contributed by atoms with Gasteiger partial charge in [0.2, 0.25) is 17.5 Å². The van der Waals surface area contributed by atoms with E-state index in [1.165, 1.54) is 13.0 Å². The molecule has 2 fully saturated rings. The standard InChI is InChI=1S/C27H30O16/c1-8-17(33)20(36)21(37)26(39-8)42-24-18(34)15(7-28)41-27(22(24)38)43-25-19(35)16-13(32)5-10(29)6-14(16)40-23(25)9-2-3-11(30)12(31)4-9/h2-6,8,15,17-18,20-22,24,26-34,36-38H,7H2,1H3/t8-,15+,17-,18+,20+,21+,22+,24-,26-,27-/m0/s1. The second-order valence-electron chi connectivity index (χ2n) is 10.2. The molecule has 2 aliphatic rings. The highest BCUT2D eigenvalue weighted by molar-refractivity contribution is 5.88. The van der Waals surface area contributed by atoms with Crippen LogP contribution in [-0.4, -0.2) is 119 Å².